The molecule has 2 saturated heterocycles. The Morgan fingerprint density at radius 1 is 1.16 bits per heavy atom. The summed E-state index contributed by atoms with van der Waals surface area (Å²) in [5.74, 6) is 1.45. The van der Waals surface area contributed by atoms with Gasteiger partial charge in [0.15, 0.2) is 0 Å². The number of ether oxygens (including phenoxy) is 2. The molecular weight excluding hydrogens is 312 g/mol. The maximum absolute atomic E-state index is 6.34. The van der Waals surface area contributed by atoms with E-state index in [9.17, 15) is 0 Å². The number of nitrogens with zero attached hydrogens (tertiary/aromatic N) is 2. The van der Waals surface area contributed by atoms with Crippen molar-refractivity contribution < 1.29 is 9.47 Å². The van der Waals surface area contributed by atoms with Crippen molar-refractivity contribution in [1.82, 2.24) is 9.78 Å². The van der Waals surface area contributed by atoms with Gasteiger partial charge in [0.1, 0.15) is 5.75 Å². The van der Waals surface area contributed by atoms with Crippen LogP contribution in [0.4, 0.5) is 0 Å². The first kappa shape index (κ1) is 15.0. The second kappa shape index (κ2) is 5.88. The highest BCUT2D eigenvalue weighted by molar-refractivity contribution is 5.99. The Bertz CT molecular complexity index is 917. The zero-order chi connectivity index (χ0) is 16.8. The number of hydrogen-bond donors (Lipinski definition) is 0. The van der Waals surface area contributed by atoms with Gasteiger partial charge in [-0.3, -0.25) is 4.68 Å². The van der Waals surface area contributed by atoms with Gasteiger partial charge in [-0.15, -0.1) is 0 Å². The number of fused-ring (bicyclic) bond motifs is 3. The molecule has 3 aromatic rings. The Balaban J connectivity index is 1.52. The first-order valence-corrected chi connectivity index (χ1v) is 9.08. The number of aryl methyl sites for hydroxylation is 1. The van der Waals surface area contributed by atoms with Crippen LogP contribution in [0.25, 0.3) is 22.0 Å². The van der Waals surface area contributed by atoms with Gasteiger partial charge in [-0.1, -0.05) is 30.3 Å². The van der Waals surface area contributed by atoms with E-state index < -0.39 is 0 Å². The molecule has 1 aromatic heterocycles. The van der Waals surface area contributed by atoms with Crippen LogP contribution < -0.4 is 4.74 Å². The van der Waals surface area contributed by atoms with Crippen molar-refractivity contribution in [3.63, 3.8) is 0 Å². The molecule has 4 nitrogen and oxygen atoms in total. The van der Waals surface area contributed by atoms with Crippen LogP contribution in [0.5, 0.6) is 5.75 Å². The lowest BCUT2D eigenvalue weighted by molar-refractivity contribution is 0.0826. The van der Waals surface area contributed by atoms with Crippen LogP contribution in [-0.4, -0.2) is 28.6 Å². The van der Waals surface area contributed by atoms with E-state index in [0.717, 1.165) is 30.0 Å². The summed E-state index contributed by atoms with van der Waals surface area (Å²) in [6.45, 7) is 0.727. The largest absolute Gasteiger partial charge is 0.492 e. The van der Waals surface area contributed by atoms with Gasteiger partial charge in [-0.2, -0.15) is 5.10 Å². The summed E-state index contributed by atoms with van der Waals surface area (Å²) in [4.78, 5) is 0. The standard InChI is InChI=1S/C21H22N2O2/c1-23-18(10-11-22-23)21-17-5-3-2-4-14(17)6-8-20(21)24-13-15-12-16-7-9-19(15)25-16/h2-6,8,10-11,15-16,19H,7,9,12-13H2,1H3/t15-,16+,19-/m1/s1. The molecule has 0 aliphatic carbocycles. The molecule has 0 unspecified atom stereocenters. The first-order valence-electron chi connectivity index (χ1n) is 9.08. The fourth-order valence-corrected chi connectivity index (χ4v) is 4.37. The molecule has 3 atom stereocenters. The van der Waals surface area contributed by atoms with Crippen LogP contribution >= 0.6 is 0 Å². The van der Waals surface area contributed by atoms with Crippen LogP contribution in [0.2, 0.25) is 0 Å². The average Bonchev–Trinajstić information content (AvgIpc) is 3.36. The first-order chi connectivity index (χ1) is 12.3. The molecule has 2 aliphatic rings. The van der Waals surface area contributed by atoms with E-state index in [-0.39, 0.29) is 0 Å². The molecule has 0 N–H and O–H groups in total. The van der Waals surface area contributed by atoms with Gasteiger partial charge in [0.05, 0.1) is 24.5 Å². The monoisotopic (exact) mass is 334 g/mol. The Kier molecular flexibility index (Phi) is 3.52. The van der Waals surface area contributed by atoms with Gasteiger partial charge in [0.2, 0.25) is 0 Å². The lowest BCUT2D eigenvalue weighted by Crippen LogP contribution is -2.23. The number of rotatable bonds is 4. The van der Waals surface area contributed by atoms with Gasteiger partial charge < -0.3 is 9.47 Å². The Morgan fingerprint density at radius 2 is 2.08 bits per heavy atom. The molecule has 0 saturated carbocycles. The lowest BCUT2D eigenvalue weighted by Gasteiger charge is -2.21. The van der Waals surface area contributed by atoms with Gasteiger partial charge in [0, 0.05) is 24.7 Å². The normalized spacial score (nSPS) is 24.9. The Morgan fingerprint density at radius 3 is 2.84 bits per heavy atom. The van der Waals surface area contributed by atoms with E-state index in [0.29, 0.717) is 18.1 Å². The minimum atomic E-state index is 0.394. The second-order valence-corrected chi connectivity index (χ2v) is 7.18. The van der Waals surface area contributed by atoms with Crippen molar-refractivity contribution in [3.8, 4) is 17.0 Å². The molecule has 128 valence electrons. The molecule has 2 fully saturated rings. The van der Waals surface area contributed by atoms with Crippen LogP contribution in [-0.2, 0) is 11.8 Å². The molecular formula is C21H22N2O2. The van der Waals surface area contributed by atoms with E-state index in [2.05, 4.69) is 47.6 Å². The SMILES string of the molecule is Cn1nccc1-c1c(OC[C@H]2C[C@@H]3CC[C@H]2O3)ccc2ccccc12. The summed E-state index contributed by atoms with van der Waals surface area (Å²) in [7, 11) is 1.98. The van der Waals surface area contributed by atoms with E-state index >= 15 is 0 Å². The maximum atomic E-state index is 6.34. The van der Waals surface area contributed by atoms with Crippen molar-refractivity contribution in [1.29, 1.82) is 0 Å². The molecule has 25 heavy (non-hydrogen) atoms. The summed E-state index contributed by atoms with van der Waals surface area (Å²) < 4.78 is 14.2. The molecule has 2 bridgehead atoms. The predicted molar refractivity (Wildman–Crippen MR) is 97.6 cm³/mol. The van der Waals surface area contributed by atoms with Crippen molar-refractivity contribution in [2.45, 2.75) is 31.5 Å². The van der Waals surface area contributed by atoms with E-state index in [1.807, 2.05) is 17.9 Å². The Hall–Kier alpha value is -2.33. The van der Waals surface area contributed by atoms with Crippen LogP contribution in [0, 0.1) is 5.92 Å². The highest BCUT2D eigenvalue weighted by Crippen LogP contribution is 2.41. The van der Waals surface area contributed by atoms with Gasteiger partial charge in [0.25, 0.3) is 0 Å². The summed E-state index contributed by atoms with van der Waals surface area (Å²) in [6.07, 6.45) is 6.24. The average molecular weight is 334 g/mol. The minimum Gasteiger partial charge on any atom is -0.492 e. The Labute approximate surface area is 147 Å². The third kappa shape index (κ3) is 2.52. The van der Waals surface area contributed by atoms with Crippen molar-refractivity contribution in [2.75, 3.05) is 6.61 Å². The third-order valence-electron chi connectivity index (χ3n) is 5.65. The van der Waals surface area contributed by atoms with Crippen LogP contribution in [0.1, 0.15) is 19.3 Å². The molecule has 3 heterocycles. The van der Waals surface area contributed by atoms with Crippen molar-refractivity contribution in [3.05, 3.63) is 48.7 Å². The fourth-order valence-electron chi connectivity index (χ4n) is 4.37. The molecule has 2 aromatic carbocycles. The summed E-state index contributed by atoms with van der Waals surface area (Å²) in [5.41, 5.74) is 2.21. The van der Waals surface area contributed by atoms with Crippen molar-refractivity contribution >= 4 is 10.8 Å². The van der Waals surface area contributed by atoms with Crippen LogP contribution in [0.3, 0.4) is 0 Å². The number of benzene rings is 2. The maximum Gasteiger partial charge on any atom is 0.129 e. The molecule has 0 amide bonds. The highest BCUT2D eigenvalue weighted by Gasteiger charge is 2.41. The summed E-state index contributed by atoms with van der Waals surface area (Å²) in [6, 6.07) is 14.7. The number of hydrogen-bond acceptors (Lipinski definition) is 3. The van der Waals surface area contributed by atoms with Gasteiger partial charge in [-0.05, 0) is 42.2 Å². The smallest absolute Gasteiger partial charge is 0.129 e. The minimum absolute atomic E-state index is 0.394. The highest BCUT2D eigenvalue weighted by atomic mass is 16.5. The predicted octanol–water partition coefficient (Wildman–Crippen LogP) is 4.19. The zero-order valence-electron chi connectivity index (χ0n) is 14.4. The molecule has 4 heteroatoms. The van der Waals surface area contributed by atoms with Gasteiger partial charge in [-0.25, -0.2) is 0 Å². The third-order valence-corrected chi connectivity index (χ3v) is 5.65. The fraction of sp³-hybridized carbons (Fsp3) is 0.381. The second-order valence-electron chi connectivity index (χ2n) is 7.18. The lowest BCUT2D eigenvalue weighted by atomic mass is 9.90. The van der Waals surface area contributed by atoms with E-state index in [4.69, 9.17) is 9.47 Å². The molecule has 2 aliphatic heterocycles. The van der Waals surface area contributed by atoms with E-state index in [1.54, 1.807) is 0 Å². The zero-order valence-corrected chi connectivity index (χ0v) is 14.4. The van der Waals surface area contributed by atoms with E-state index in [1.165, 1.54) is 23.6 Å². The van der Waals surface area contributed by atoms with Gasteiger partial charge >= 0.3 is 0 Å². The molecule has 0 spiro atoms. The topological polar surface area (TPSA) is 36.3 Å². The van der Waals surface area contributed by atoms with Crippen molar-refractivity contribution in [2.24, 2.45) is 13.0 Å². The number of aromatic nitrogens is 2. The molecule has 0 radical (unpaired) electrons. The van der Waals surface area contributed by atoms with Crippen LogP contribution in [0.15, 0.2) is 48.7 Å². The molecule has 5 rings (SSSR count). The quantitative estimate of drug-likeness (QED) is 0.718. The summed E-state index contributed by atoms with van der Waals surface area (Å²) in [5, 5.41) is 6.77. The summed E-state index contributed by atoms with van der Waals surface area (Å²) >= 11 is 0.